The highest BCUT2D eigenvalue weighted by atomic mass is 16.7. The predicted octanol–water partition coefficient (Wildman–Crippen LogP) is 2.62. The summed E-state index contributed by atoms with van der Waals surface area (Å²) in [6, 6.07) is 5.47. The molecule has 0 radical (unpaired) electrons. The van der Waals surface area contributed by atoms with Crippen molar-refractivity contribution in [3.63, 3.8) is 0 Å². The highest BCUT2D eigenvalue weighted by Crippen LogP contribution is 2.32. The number of carbonyl (C=O) groups excluding carboxylic acids is 2. The Labute approximate surface area is 142 Å². The number of amides is 1. The third-order valence-corrected chi connectivity index (χ3v) is 3.55. The Morgan fingerprint density at radius 3 is 2.50 bits per heavy atom. The van der Waals surface area contributed by atoms with E-state index in [-0.39, 0.29) is 31.4 Å². The average Bonchev–Trinajstić information content (AvgIpc) is 2.97. The molecule has 0 aromatic heterocycles. The van der Waals surface area contributed by atoms with E-state index in [1.54, 1.807) is 23.1 Å². The molecule has 0 spiro atoms. The van der Waals surface area contributed by atoms with Crippen LogP contribution < -0.4 is 9.47 Å². The normalized spacial score (nSPS) is 12.9. The summed E-state index contributed by atoms with van der Waals surface area (Å²) in [6.07, 6.45) is 2.90. The molecule has 1 amide bonds. The molecule has 1 heterocycles. The summed E-state index contributed by atoms with van der Waals surface area (Å²) in [6.45, 7) is 7.66. The van der Waals surface area contributed by atoms with Gasteiger partial charge in [-0.3, -0.25) is 4.79 Å². The van der Waals surface area contributed by atoms with Crippen LogP contribution in [0.25, 0.3) is 6.08 Å². The molecule has 0 aliphatic carbocycles. The molecule has 1 aromatic rings. The number of nitrogens with zero attached hydrogens (tertiary/aromatic N) is 1. The van der Waals surface area contributed by atoms with Crippen LogP contribution in [0.15, 0.2) is 24.3 Å². The van der Waals surface area contributed by atoms with Gasteiger partial charge in [-0.2, -0.15) is 0 Å². The van der Waals surface area contributed by atoms with E-state index in [9.17, 15) is 9.59 Å². The summed E-state index contributed by atoms with van der Waals surface area (Å²) in [7, 11) is 0. The number of ether oxygens (including phenoxy) is 3. The van der Waals surface area contributed by atoms with Crippen molar-refractivity contribution in [3.05, 3.63) is 29.8 Å². The molecule has 0 N–H and O–H groups in total. The summed E-state index contributed by atoms with van der Waals surface area (Å²) in [4.78, 5) is 25.6. The zero-order valence-electron chi connectivity index (χ0n) is 14.4. The van der Waals surface area contributed by atoms with Crippen LogP contribution in [-0.4, -0.2) is 42.3 Å². The van der Waals surface area contributed by atoms with Gasteiger partial charge in [-0.15, -0.1) is 0 Å². The first kappa shape index (κ1) is 17.8. The molecule has 1 aromatic carbocycles. The molecular weight excluding hydrogens is 310 g/mol. The largest absolute Gasteiger partial charge is 0.454 e. The minimum Gasteiger partial charge on any atom is -0.454 e. The molecule has 0 fully saturated rings. The number of rotatable bonds is 6. The zero-order chi connectivity index (χ0) is 17.7. The molecule has 0 saturated carbocycles. The lowest BCUT2D eigenvalue weighted by atomic mass is 10.2. The van der Waals surface area contributed by atoms with Crippen LogP contribution in [0.3, 0.4) is 0 Å². The topological polar surface area (TPSA) is 65.1 Å². The van der Waals surface area contributed by atoms with Gasteiger partial charge in [-0.25, -0.2) is 4.79 Å². The predicted molar refractivity (Wildman–Crippen MR) is 89.7 cm³/mol. The quantitative estimate of drug-likeness (QED) is 0.591. The first-order valence-corrected chi connectivity index (χ1v) is 7.94. The van der Waals surface area contributed by atoms with Crippen LogP contribution in [-0.2, 0) is 14.3 Å². The third-order valence-electron chi connectivity index (χ3n) is 3.55. The lowest BCUT2D eigenvalue weighted by molar-refractivity contribution is -0.150. The second kappa shape index (κ2) is 7.86. The lowest BCUT2D eigenvalue weighted by Gasteiger charge is -2.30. The molecule has 2 rings (SSSR count). The first-order chi connectivity index (χ1) is 11.4. The van der Waals surface area contributed by atoms with Crippen LogP contribution in [0.5, 0.6) is 11.5 Å². The number of esters is 1. The Morgan fingerprint density at radius 2 is 1.83 bits per heavy atom. The van der Waals surface area contributed by atoms with E-state index in [4.69, 9.17) is 14.2 Å². The summed E-state index contributed by atoms with van der Waals surface area (Å²) >= 11 is 0. The molecule has 0 atom stereocenters. The van der Waals surface area contributed by atoms with Gasteiger partial charge in [0.05, 0.1) is 0 Å². The molecular formula is C18H23NO5. The first-order valence-electron chi connectivity index (χ1n) is 7.94. The fourth-order valence-corrected chi connectivity index (χ4v) is 2.61. The molecule has 1 aliphatic rings. The van der Waals surface area contributed by atoms with E-state index in [1.165, 1.54) is 6.08 Å². The highest BCUT2D eigenvalue weighted by molar-refractivity contribution is 5.89. The van der Waals surface area contributed by atoms with Crippen molar-refractivity contribution in [1.82, 2.24) is 4.90 Å². The molecule has 1 aliphatic heterocycles. The maximum atomic E-state index is 12.1. The van der Waals surface area contributed by atoms with Crippen molar-refractivity contribution in [3.8, 4) is 11.5 Å². The van der Waals surface area contributed by atoms with Gasteiger partial charge in [-0.1, -0.05) is 6.07 Å². The van der Waals surface area contributed by atoms with Gasteiger partial charge in [0, 0.05) is 18.2 Å². The van der Waals surface area contributed by atoms with E-state index >= 15 is 0 Å². The van der Waals surface area contributed by atoms with E-state index in [0.717, 1.165) is 5.56 Å². The van der Waals surface area contributed by atoms with Crippen molar-refractivity contribution < 1.29 is 23.8 Å². The monoisotopic (exact) mass is 333 g/mol. The number of carbonyl (C=O) groups is 2. The standard InChI is InChI=1S/C18H23NO5/c1-12(2)19(13(3)4)17(20)10-22-18(21)8-6-14-5-7-15-16(9-14)24-11-23-15/h5-9,12-13H,10-11H2,1-4H3. The number of benzene rings is 1. The van der Waals surface area contributed by atoms with Crippen molar-refractivity contribution in [2.24, 2.45) is 0 Å². The Bertz CT molecular complexity index is 628. The molecule has 6 heteroatoms. The Balaban J connectivity index is 1.88. The fraction of sp³-hybridized carbons (Fsp3) is 0.444. The molecule has 0 unspecified atom stereocenters. The maximum Gasteiger partial charge on any atom is 0.331 e. The van der Waals surface area contributed by atoms with Gasteiger partial charge >= 0.3 is 5.97 Å². The van der Waals surface area contributed by atoms with Crippen molar-refractivity contribution in [2.45, 2.75) is 39.8 Å². The van der Waals surface area contributed by atoms with Crippen LogP contribution in [0.1, 0.15) is 33.3 Å². The summed E-state index contributed by atoms with van der Waals surface area (Å²) in [5.74, 6) is 0.561. The van der Waals surface area contributed by atoms with Gasteiger partial charge < -0.3 is 19.1 Å². The summed E-state index contributed by atoms with van der Waals surface area (Å²) < 4.78 is 15.5. The van der Waals surface area contributed by atoms with Gasteiger partial charge in [0.15, 0.2) is 18.1 Å². The maximum absolute atomic E-state index is 12.1. The van der Waals surface area contributed by atoms with Gasteiger partial charge in [0.25, 0.3) is 5.91 Å². The van der Waals surface area contributed by atoms with Gasteiger partial charge in [-0.05, 0) is 51.5 Å². The number of hydrogen-bond acceptors (Lipinski definition) is 5. The zero-order valence-corrected chi connectivity index (χ0v) is 14.4. The van der Waals surface area contributed by atoms with E-state index < -0.39 is 5.97 Å². The highest BCUT2D eigenvalue weighted by Gasteiger charge is 2.20. The van der Waals surface area contributed by atoms with Crippen LogP contribution in [0.4, 0.5) is 0 Å². The Morgan fingerprint density at radius 1 is 1.17 bits per heavy atom. The van der Waals surface area contributed by atoms with Crippen LogP contribution >= 0.6 is 0 Å². The Hall–Kier alpha value is -2.50. The second-order valence-corrected chi connectivity index (χ2v) is 6.04. The Kier molecular flexibility index (Phi) is 5.84. The third kappa shape index (κ3) is 4.50. The van der Waals surface area contributed by atoms with Crippen molar-refractivity contribution in [1.29, 1.82) is 0 Å². The minimum absolute atomic E-state index is 0.0559. The molecule has 0 saturated heterocycles. The second-order valence-electron chi connectivity index (χ2n) is 6.04. The minimum atomic E-state index is -0.562. The van der Waals surface area contributed by atoms with Gasteiger partial charge in [0.2, 0.25) is 6.79 Å². The van der Waals surface area contributed by atoms with Gasteiger partial charge in [0.1, 0.15) is 0 Å². The fourth-order valence-electron chi connectivity index (χ4n) is 2.61. The average molecular weight is 333 g/mol. The van der Waals surface area contributed by atoms with E-state index in [0.29, 0.717) is 11.5 Å². The summed E-state index contributed by atoms with van der Waals surface area (Å²) in [5, 5.41) is 0. The molecule has 24 heavy (non-hydrogen) atoms. The van der Waals surface area contributed by atoms with Crippen molar-refractivity contribution >= 4 is 18.0 Å². The van der Waals surface area contributed by atoms with Crippen LogP contribution in [0, 0.1) is 0 Å². The smallest absolute Gasteiger partial charge is 0.331 e. The number of hydrogen-bond donors (Lipinski definition) is 0. The van der Waals surface area contributed by atoms with Crippen LogP contribution in [0.2, 0.25) is 0 Å². The number of fused-ring (bicyclic) bond motifs is 1. The molecule has 6 nitrogen and oxygen atoms in total. The SMILES string of the molecule is CC(C)N(C(=O)COC(=O)C=Cc1ccc2c(c1)OCO2)C(C)C. The lowest BCUT2D eigenvalue weighted by Crippen LogP contribution is -2.44. The summed E-state index contributed by atoms with van der Waals surface area (Å²) in [5.41, 5.74) is 0.786. The van der Waals surface area contributed by atoms with E-state index in [1.807, 2.05) is 33.8 Å². The molecule has 0 bridgehead atoms. The van der Waals surface area contributed by atoms with Crippen molar-refractivity contribution in [2.75, 3.05) is 13.4 Å². The van der Waals surface area contributed by atoms with E-state index in [2.05, 4.69) is 0 Å². The molecule has 130 valence electrons.